The number of aromatic nitrogens is 1. The number of hydrogen-bond donors (Lipinski definition) is 2. The summed E-state index contributed by atoms with van der Waals surface area (Å²) in [6, 6.07) is 6.89. The van der Waals surface area contributed by atoms with E-state index in [1.54, 1.807) is 12.3 Å². The van der Waals surface area contributed by atoms with Crippen molar-refractivity contribution < 1.29 is 9.21 Å². The van der Waals surface area contributed by atoms with Crippen LogP contribution in [0.2, 0.25) is 0 Å². The summed E-state index contributed by atoms with van der Waals surface area (Å²) in [4.78, 5) is 15.0. The topological polar surface area (TPSA) is 81.8 Å². The van der Waals surface area contributed by atoms with Crippen molar-refractivity contribution in [1.82, 2.24) is 10.3 Å². The van der Waals surface area contributed by atoms with Gasteiger partial charge in [0.2, 0.25) is 0 Å². The Kier molecular flexibility index (Phi) is 3.66. The van der Waals surface area contributed by atoms with Gasteiger partial charge in [-0.25, -0.2) is 0 Å². The number of hydrogen-bond acceptors (Lipinski definition) is 3. The first-order chi connectivity index (χ1) is 9.41. The van der Waals surface area contributed by atoms with Crippen molar-refractivity contribution in [3.8, 4) is 6.07 Å². The molecular formula is C15H17N3O2. The molecule has 2 N–H and O–H groups in total. The molecular weight excluding hydrogens is 254 g/mol. The maximum absolute atomic E-state index is 12.2. The van der Waals surface area contributed by atoms with Crippen LogP contribution in [0.1, 0.15) is 48.6 Å². The largest absolute Gasteiger partial charge is 0.467 e. The lowest BCUT2D eigenvalue weighted by atomic mass is 9.85. The van der Waals surface area contributed by atoms with Gasteiger partial charge in [-0.3, -0.25) is 4.79 Å². The molecule has 2 heterocycles. The minimum Gasteiger partial charge on any atom is -0.467 e. The Balaban J connectivity index is 2.21. The van der Waals surface area contributed by atoms with Crippen LogP contribution in [0.15, 0.2) is 35.1 Å². The van der Waals surface area contributed by atoms with Gasteiger partial charge in [0.05, 0.1) is 17.9 Å². The second-order valence-electron chi connectivity index (χ2n) is 5.70. The number of nitrogens with zero attached hydrogens (tertiary/aromatic N) is 1. The average Bonchev–Trinajstić information content (AvgIpc) is 3.04. The molecule has 5 nitrogen and oxygen atoms in total. The maximum Gasteiger partial charge on any atom is 0.268 e. The van der Waals surface area contributed by atoms with Crippen molar-refractivity contribution >= 4 is 5.91 Å². The van der Waals surface area contributed by atoms with Gasteiger partial charge in [-0.2, -0.15) is 5.26 Å². The Morgan fingerprint density at radius 1 is 1.50 bits per heavy atom. The Labute approximate surface area is 117 Å². The molecule has 0 aliphatic heterocycles. The molecule has 2 aromatic rings. The van der Waals surface area contributed by atoms with Crippen molar-refractivity contribution in [2.24, 2.45) is 5.41 Å². The molecule has 0 spiro atoms. The summed E-state index contributed by atoms with van der Waals surface area (Å²) in [7, 11) is 0. The van der Waals surface area contributed by atoms with Gasteiger partial charge in [0.1, 0.15) is 17.5 Å². The van der Waals surface area contributed by atoms with E-state index in [4.69, 9.17) is 9.68 Å². The zero-order chi connectivity index (χ0) is 14.8. The zero-order valence-corrected chi connectivity index (χ0v) is 11.7. The van der Waals surface area contributed by atoms with Crippen LogP contribution in [0.4, 0.5) is 0 Å². The van der Waals surface area contributed by atoms with Gasteiger partial charge in [-0.1, -0.05) is 20.8 Å². The Morgan fingerprint density at radius 3 is 2.75 bits per heavy atom. The smallest absolute Gasteiger partial charge is 0.268 e. The number of H-pyrrole nitrogens is 1. The summed E-state index contributed by atoms with van der Waals surface area (Å²) in [6.45, 7) is 6.07. The lowest BCUT2D eigenvalue weighted by Gasteiger charge is -2.29. The minimum absolute atomic E-state index is 0.196. The summed E-state index contributed by atoms with van der Waals surface area (Å²) in [5.41, 5.74) is 0.598. The number of nitriles is 1. The van der Waals surface area contributed by atoms with E-state index in [0.717, 1.165) is 0 Å². The lowest BCUT2D eigenvalue weighted by molar-refractivity contribution is 0.0885. The fourth-order valence-corrected chi connectivity index (χ4v) is 1.97. The van der Waals surface area contributed by atoms with Crippen LogP contribution >= 0.6 is 0 Å². The monoisotopic (exact) mass is 271 g/mol. The quantitative estimate of drug-likeness (QED) is 0.900. The molecule has 0 bridgehead atoms. The van der Waals surface area contributed by atoms with Crippen LogP contribution in [-0.4, -0.2) is 10.9 Å². The number of nitrogens with one attached hydrogen (secondary N) is 2. The molecule has 0 saturated carbocycles. The van der Waals surface area contributed by atoms with Crippen LogP contribution in [0.25, 0.3) is 0 Å². The predicted octanol–water partition coefficient (Wildman–Crippen LogP) is 3.00. The zero-order valence-electron chi connectivity index (χ0n) is 11.7. The number of furan rings is 1. The van der Waals surface area contributed by atoms with E-state index < -0.39 is 0 Å². The maximum atomic E-state index is 12.2. The highest BCUT2D eigenvalue weighted by Crippen LogP contribution is 2.33. The Bertz CT molecular complexity index is 627. The highest BCUT2D eigenvalue weighted by molar-refractivity contribution is 5.93. The molecule has 0 radical (unpaired) electrons. The van der Waals surface area contributed by atoms with E-state index in [-0.39, 0.29) is 17.4 Å². The number of carbonyl (C=O) groups excluding carboxylic acids is 1. The summed E-state index contributed by atoms with van der Waals surface area (Å²) >= 11 is 0. The van der Waals surface area contributed by atoms with Gasteiger partial charge < -0.3 is 14.7 Å². The molecule has 0 aromatic carbocycles. The first-order valence-electron chi connectivity index (χ1n) is 6.34. The molecule has 0 fully saturated rings. The molecule has 0 aliphatic rings. The van der Waals surface area contributed by atoms with E-state index >= 15 is 0 Å². The minimum atomic E-state index is -0.261. The third-order valence-electron chi connectivity index (χ3n) is 3.03. The third kappa shape index (κ3) is 2.91. The highest BCUT2D eigenvalue weighted by Gasteiger charge is 2.30. The SMILES string of the molecule is CC(C)(C)[C@@H](NC(=O)c1cc(C#N)c[nH]1)c1ccco1. The van der Waals surface area contributed by atoms with Crippen molar-refractivity contribution in [3.05, 3.63) is 47.7 Å². The van der Waals surface area contributed by atoms with Crippen LogP contribution in [0.3, 0.4) is 0 Å². The van der Waals surface area contributed by atoms with Gasteiger partial charge in [-0.15, -0.1) is 0 Å². The van der Waals surface area contributed by atoms with Crippen molar-refractivity contribution in [3.63, 3.8) is 0 Å². The van der Waals surface area contributed by atoms with Gasteiger partial charge in [0.25, 0.3) is 5.91 Å². The van der Waals surface area contributed by atoms with E-state index in [1.165, 1.54) is 12.3 Å². The van der Waals surface area contributed by atoms with E-state index in [1.807, 2.05) is 32.9 Å². The molecule has 0 unspecified atom stereocenters. The number of amides is 1. The van der Waals surface area contributed by atoms with E-state index in [9.17, 15) is 4.79 Å². The van der Waals surface area contributed by atoms with Gasteiger partial charge in [0.15, 0.2) is 0 Å². The van der Waals surface area contributed by atoms with Crippen molar-refractivity contribution in [2.75, 3.05) is 0 Å². The Morgan fingerprint density at radius 2 is 2.25 bits per heavy atom. The number of carbonyl (C=O) groups is 1. The Hall–Kier alpha value is -2.48. The van der Waals surface area contributed by atoms with Crippen molar-refractivity contribution in [1.29, 1.82) is 5.26 Å². The fraction of sp³-hybridized carbons (Fsp3) is 0.333. The van der Waals surface area contributed by atoms with Crippen LogP contribution < -0.4 is 5.32 Å². The molecule has 0 saturated heterocycles. The standard InChI is InChI=1S/C15H17N3O2/c1-15(2,3)13(12-5-4-6-20-12)18-14(19)11-7-10(8-16)9-17-11/h4-7,9,13,17H,1-3H3,(H,18,19)/t13-/m0/s1. The summed E-state index contributed by atoms with van der Waals surface area (Å²) in [5.74, 6) is 0.445. The molecule has 1 amide bonds. The summed E-state index contributed by atoms with van der Waals surface area (Å²) in [6.07, 6.45) is 3.09. The molecule has 5 heteroatoms. The molecule has 104 valence electrons. The second kappa shape index (κ2) is 5.25. The van der Waals surface area contributed by atoms with Crippen molar-refractivity contribution in [2.45, 2.75) is 26.8 Å². The predicted molar refractivity (Wildman–Crippen MR) is 73.9 cm³/mol. The van der Waals surface area contributed by atoms with Crippen LogP contribution in [0.5, 0.6) is 0 Å². The third-order valence-corrected chi connectivity index (χ3v) is 3.03. The van der Waals surface area contributed by atoms with E-state index in [0.29, 0.717) is 17.0 Å². The molecule has 2 aromatic heterocycles. The van der Waals surface area contributed by atoms with Gasteiger partial charge in [-0.05, 0) is 23.6 Å². The molecule has 20 heavy (non-hydrogen) atoms. The molecule has 1 atom stereocenters. The van der Waals surface area contributed by atoms with Gasteiger partial charge in [0, 0.05) is 6.20 Å². The second-order valence-corrected chi connectivity index (χ2v) is 5.70. The molecule has 2 rings (SSSR count). The van der Waals surface area contributed by atoms with Crippen LogP contribution in [0, 0.1) is 16.7 Å². The van der Waals surface area contributed by atoms with E-state index in [2.05, 4.69) is 10.3 Å². The lowest BCUT2D eigenvalue weighted by Crippen LogP contribution is -2.36. The number of rotatable bonds is 3. The molecule has 0 aliphatic carbocycles. The average molecular weight is 271 g/mol. The number of aromatic amines is 1. The van der Waals surface area contributed by atoms with Crippen LogP contribution in [-0.2, 0) is 0 Å². The summed E-state index contributed by atoms with van der Waals surface area (Å²) < 4.78 is 5.41. The van der Waals surface area contributed by atoms with Gasteiger partial charge >= 0.3 is 0 Å². The first kappa shape index (κ1) is 13.9. The fourth-order valence-electron chi connectivity index (χ4n) is 1.97. The normalized spacial score (nSPS) is 12.7. The summed E-state index contributed by atoms with van der Waals surface area (Å²) in [5, 5.41) is 11.7. The first-order valence-corrected chi connectivity index (χ1v) is 6.34. The highest BCUT2D eigenvalue weighted by atomic mass is 16.3.